The monoisotopic (exact) mass is 840 g/mol. The third-order valence-electron chi connectivity index (χ3n) is 9.43. The highest BCUT2D eigenvalue weighted by molar-refractivity contribution is 7.98. The van der Waals surface area contributed by atoms with Crippen molar-refractivity contribution < 1.29 is 49.1 Å². The van der Waals surface area contributed by atoms with Crippen molar-refractivity contribution in [2.24, 2.45) is 5.73 Å². The number of nitrogens with two attached hydrogens (primary N) is 1. The molecular formula is C38H48N8O12S. The van der Waals surface area contributed by atoms with Crippen LogP contribution in [0.4, 0.5) is 4.79 Å². The molecule has 0 aliphatic carbocycles. The quantitative estimate of drug-likeness (QED) is 0.0751. The van der Waals surface area contributed by atoms with Gasteiger partial charge in [-0.3, -0.25) is 28.7 Å². The van der Waals surface area contributed by atoms with Crippen LogP contribution in [0, 0.1) is 0 Å². The lowest BCUT2D eigenvalue weighted by Crippen LogP contribution is -2.62. The number of thioether (sulfide) groups is 1. The number of phenolic OH excluding ortho intramolecular Hbond substituents is 2. The first-order valence-corrected chi connectivity index (χ1v) is 19.7. The number of H-pyrrole nitrogens is 1. The number of carboxylic acid groups (broad SMARTS) is 1. The minimum atomic E-state index is -1.52. The van der Waals surface area contributed by atoms with Gasteiger partial charge in [0.1, 0.15) is 41.5 Å². The molecule has 3 aromatic rings. The summed E-state index contributed by atoms with van der Waals surface area (Å²) < 4.78 is 6.66. The molecule has 0 saturated carbocycles. The minimum absolute atomic E-state index is 0.0255. The molecule has 1 fully saturated rings. The zero-order valence-electron chi connectivity index (χ0n) is 32.4. The number of ether oxygens (including phenoxy) is 1. The van der Waals surface area contributed by atoms with Gasteiger partial charge in [-0.1, -0.05) is 24.3 Å². The molecule has 5 amide bonds. The Morgan fingerprint density at radius 2 is 1.68 bits per heavy atom. The van der Waals surface area contributed by atoms with Gasteiger partial charge in [0, 0.05) is 38.4 Å². The summed E-state index contributed by atoms with van der Waals surface area (Å²) in [6.45, 7) is 1.48. The number of aliphatic hydroxyl groups is 1. The van der Waals surface area contributed by atoms with Crippen LogP contribution < -0.4 is 38.2 Å². The number of nitrogens with one attached hydrogen (secondary N) is 5. The number of carbonyl (C=O) groups is 5. The predicted molar refractivity (Wildman–Crippen MR) is 214 cm³/mol. The van der Waals surface area contributed by atoms with Crippen LogP contribution >= 0.6 is 11.8 Å². The van der Waals surface area contributed by atoms with Crippen molar-refractivity contribution in [2.45, 2.75) is 75.1 Å². The van der Waals surface area contributed by atoms with E-state index in [1.165, 1.54) is 62.1 Å². The van der Waals surface area contributed by atoms with E-state index in [0.717, 1.165) is 27.9 Å². The Balaban J connectivity index is 1.55. The third-order valence-corrected chi connectivity index (χ3v) is 10.1. The summed E-state index contributed by atoms with van der Waals surface area (Å²) in [7, 11) is 1.38. The molecule has 59 heavy (non-hydrogen) atoms. The number of aromatic nitrogens is 2. The van der Waals surface area contributed by atoms with Gasteiger partial charge in [-0.15, -0.1) is 0 Å². The highest BCUT2D eigenvalue weighted by Crippen LogP contribution is 2.30. The summed E-state index contributed by atoms with van der Waals surface area (Å²) in [6, 6.07) is 5.50. The number of carboxylic acids is 1. The van der Waals surface area contributed by atoms with Gasteiger partial charge in [0.15, 0.2) is 0 Å². The van der Waals surface area contributed by atoms with Crippen molar-refractivity contribution in [2.75, 3.05) is 19.1 Å². The molecule has 1 saturated heterocycles. The first-order valence-electron chi connectivity index (χ1n) is 18.3. The van der Waals surface area contributed by atoms with E-state index in [4.69, 9.17) is 10.5 Å². The van der Waals surface area contributed by atoms with E-state index in [2.05, 4.69) is 26.3 Å². The lowest BCUT2D eigenvalue weighted by atomic mass is 10.0. The zero-order chi connectivity index (χ0) is 43.4. The first-order chi connectivity index (χ1) is 28.0. The van der Waals surface area contributed by atoms with Crippen LogP contribution in [0.5, 0.6) is 11.5 Å². The summed E-state index contributed by atoms with van der Waals surface area (Å²) in [5.41, 5.74) is 5.83. The Morgan fingerprint density at radius 3 is 2.32 bits per heavy atom. The van der Waals surface area contributed by atoms with E-state index in [1.807, 2.05) is 0 Å². The number of hydrogen-bond acceptors (Lipinski definition) is 13. The van der Waals surface area contributed by atoms with Crippen LogP contribution in [0.2, 0.25) is 0 Å². The smallest absolute Gasteiger partial charge is 0.331 e. The second-order valence-corrected chi connectivity index (χ2v) is 14.8. The number of aliphatic carboxylic acids is 1. The molecular weight excluding hydrogens is 793 g/mol. The van der Waals surface area contributed by atoms with Crippen LogP contribution in [0.3, 0.4) is 0 Å². The van der Waals surface area contributed by atoms with Crippen LogP contribution in [0.1, 0.15) is 37.1 Å². The number of amides is 5. The molecule has 0 unspecified atom stereocenters. The molecule has 4 rings (SSSR count). The van der Waals surface area contributed by atoms with E-state index in [-0.39, 0.29) is 42.9 Å². The zero-order valence-corrected chi connectivity index (χ0v) is 33.2. The van der Waals surface area contributed by atoms with E-state index in [9.17, 15) is 54.0 Å². The highest BCUT2D eigenvalue weighted by Gasteiger charge is 2.37. The number of rotatable bonds is 18. The van der Waals surface area contributed by atoms with Gasteiger partial charge in [0.2, 0.25) is 23.9 Å². The average Bonchev–Trinajstić information content (AvgIpc) is 3.56. The number of likely N-dealkylation sites (N-methyl/N-ethyl adjacent to an activating group) is 1. The van der Waals surface area contributed by atoms with Crippen molar-refractivity contribution in [1.82, 2.24) is 35.7 Å². The third kappa shape index (κ3) is 12.8. The highest BCUT2D eigenvalue weighted by atomic mass is 32.2. The van der Waals surface area contributed by atoms with Crippen LogP contribution in [0.25, 0.3) is 0 Å². The number of aromatic amines is 1. The fourth-order valence-corrected chi connectivity index (χ4v) is 6.56. The Labute approximate surface area is 341 Å². The van der Waals surface area contributed by atoms with Crippen molar-refractivity contribution in [1.29, 1.82) is 0 Å². The number of carbonyl (C=O) groups excluding carboxylic acids is 4. The van der Waals surface area contributed by atoms with Gasteiger partial charge < -0.3 is 57.1 Å². The number of hydrogen-bond donors (Lipinski definition) is 10. The number of nitrogens with zero attached hydrogens (tertiary/aromatic N) is 2. The predicted octanol–water partition coefficient (Wildman–Crippen LogP) is -0.796. The van der Waals surface area contributed by atoms with E-state index in [0.29, 0.717) is 16.9 Å². The molecule has 0 spiro atoms. The van der Waals surface area contributed by atoms with Gasteiger partial charge >= 0.3 is 17.7 Å². The Morgan fingerprint density at radius 1 is 0.983 bits per heavy atom. The molecule has 11 N–H and O–H groups in total. The maximum absolute atomic E-state index is 13.9. The summed E-state index contributed by atoms with van der Waals surface area (Å²) in [5.74, 6) is -3.36. The largest absolute Gasteiger partial charge is 0.508 e. The Kier molecular flexibility index (Phi) is 16.1. The summed E-state index contributed by atoms with van der Waals surface area (Å²) >= 11 is 1.35. The SMILES string of the molecule is CSCC[C@H](NC(=O)N[C@@H](Cc1ccc(O)cc1)C(=O)O)C(=O)N[C@H](C(=O)N/C=C1/C[C@@H](O)[C@H](n2ccc(=O)[nH]c2=O)O1)[C@H](C)N(C)C(=O)[C@@H](N)Cc1cccc(O)c1. The second kappa shape index (κ2) is 20.9. The molecule has 20 nitrogen and oxygen atoms in total. The molecule has 2 aromatic carbocycles. The number of aliphatic hydroxyl groups excluding tert-OH is 1. The second-order valence-electron chi connectivity index (χ2n) is 13.8. The average molecular weight is 841 g/mol. The van der Waals surface area contributed by atoms with Gasteiger partial charge in [0.25, 0.3) is 5.56 Å². The maximum Gasteiger partial charge on any atom is 0.331 e. The molecule has 0 radical (unpaired) electrons. The summed E-state index contributed by atoms with van der Waals surface area (Å²) in [4.78, 5) is 93.7. The van der Waals surface area contributed by atoms with E-state index >= 15 is 0 Å². The molecule has 21 heteroatoms. The van der Waals surface area contributed by atoms with Gasteiger partial charge in [-0.2, -0.15) is 11.8 Å². The van der Waals surface area contributed by atoms with E-state index in [1.54, 1.807) is 18.4 Å². The Hall–Kier alpha value is -6.32. The molecule has 318 valence electrons. The van der Waals surface area contributed by atoms with Crippen molar-refractivity contribution in [3.05, 3.63) is 105 Å². The van der Waals surface area contributed by atoms with E-state index < -0.39 is 83.5 Å². The molecule has 0 bridgehead atoms. The fraction of sp³-hybridized carbons (Fsp3) is 0.395. The molecule has 1 aliphatic rings. The normalized spacial score (nSPS) is 18.0. The maximum atomic E-state index is 13.9. The number of phenols is 2. The topological polar surface area (TPSA) is 308 Å². The van der Waals surface area contributed by atoms with Crippen LogP contribution in [-0.4, -0.2) is 120 Å². The lowest BCUT2D eigenvalue weighted by Gasteiger charge is -2.34. The lowest BCUT2D eigenvalue weighted by molar-refractivity contribution is -0.139. The number of urea groups is 1. The van der Waals surface area contributed by atoms with Gasteiger partial charge in [-0.05, 0) is 67.2 Å². The standard InChI is InChI=1S/C38H48N8O12S/c1-20(45(2)34(53)26(39)16-22-5-4-6-24(48)15-22)31(33(52)40-19-25-18-29(49)35(58-25)46-13-11-30(50)43-38(46)57)44-32(51)27(12-14-59-3)41-37(56)42-28(36(54)55)17-21-7-9-23(47)10-8-21/h4-11,13,15,19-20,26-29,31,35,47-49H,12,14,16-18,39H2,1-3H3,(H,40,52)(H,44,51)(H,54,55)(H2,41,42,56)(H,43,50,57)/b25-19-/t20-,26-,27-,28-,29+,31-,35+/m0/s1. The van der Waals surface area contributed by atoms with Gasteiger partial charge in [0.05, 0.1) is 12.1 Å². The van der Waals surface area contributed by atoms with Crippen molar-refractivity contribution in [3.63, 3.8) is 0 Å². The van der Waals surface area contributed by atoms with Crippen molar-refractivity contribution >= 4 is 41.5 Å². The first kappa shape index (κ1) is 45.4. The molecule has 2 heterocycles. The number of aromatic hydroxyl groups is 2. The molecule has 1 aromatic heterocycles. The van der Waals surface area contributed by atoms with Crippen LogP contribution in [0.15, 0.2) is 82.3 Å². The molecule has 1 aliphatic heterocycles. The van der Waals surface area contributed by atoms with Crippen LogP contribution in [-0.2, 0) is 36.8 Å². The number of benzene rings is 2. The minimum Gasteiger partial charge on any atom is -0.508 e. The summed E-state index contributed by atoms with van der Waals surface area (Å²) in [5, 5.41) is 49.8. The fourth-order valence-electron chi connectivity index (χ4n) is 6.09. The Bertz CT molecular complexity index is 2130. The van der Waals surface area contributed by atoms with Gasteiger partial charge in [-0.25, -0.2) is 14.4 Å². The van der Waals surface area contributed by atoms with Crippen molar-refractivity contribution in [3.8, 4) is 11.5 Å². The molecule has 7 atom stereocenters. The summed E-state index contributed by atoms with van der Waals surface area (Å²) in [6.07, 6.45) is 1.28.